The molecular weight excluding hydrogens is 228 g/mol. The molecule has 0 atom stereocenters. The lowest BCUT2D eigenvalue weighted by atomic mass is 10.0. The monoisotopic (exact) mass is 250 g/mol. The Kier molecular flexibility index (Phi) is 5.08. The third kappa shape index (κ3) is 3.19. The molecule has 3 nitrogen and oxygen atoms in total. The fourth-order valence-corrected chi connectivity index (χ4v) is 1.90. The molecule has 0 heterocycles. The highest BCUT2D eigenvalue weighted by atomic mass is 16.5. The third-order valence-electron chi connectivity index (χ3n) is 2.70. The first kappa shape index (κ1) is 14.4. The van der Waals surface area contributed by atoms with Gasteiger partial charge in [-0.05, 0) is 36.1 Å². The number of allylic oxidation sites excluding steroid dienone is 2. The minimum Gasteiger partial charge on any atom is -0.493 e. The molecule has 0 saturated carbocycles. The van der Waals surface area contributed by atoms with E-state index in [9.17, 15) is 0 Å². The molecule has 0 unspecified atom stereocenters. The molecule has 3 heteroatoms. The third-order valence-corrected chi connectivity index (χ3v) is 2.70. The van der Waals surface area contributed by atoms with Gasteiger partial charge in [-0.2, -0.15) is 0 Å². The molecule has 0 amide bonds. The maximum atomic E-state index is 5.34. The summed E-state index contributed by atoms with van der Waals surface area (Å²) >= 11 is 0. The molecule has 0 N–H and O–H groups in total. The fourth-order valence-electron chi connectivity index (χ4n) is 1.90. The van der Waals surface area contributed by atoms with Crippen LogP contribution in [0.1, 0.15) is 26.3 Å². The largest absolute Gasteiger partial charge is 0.493 e. The summed E-state index contributed by atoms with van der Waals surface area (Å²) in [5.41, 5.74) is 2.28. The topological polar surface area (TPSA) is 27.7 Å². The molecule has 100 valence electrons. The van der Waals surface area contributed by atoms with E-state index in [4.69, 9.17) is 14.2 Å². The van der Waals surface area contributed by atoms with Gasteiger partial charge in [0.2, 0.25) is 5.75 Å². The Hall–Kier alpha value is -1.64. The van der Waals surface area contributed by atoms with Gasteiger partial charge in [-0.25, -0.2) is 0 Å². The van der Waals surface area contributed by atoms with Crippen molar-refractivity contribution in [2.45, 2.75) is 20.8 Å². The van der Waals surface area contributed by atoms with Gasteiger partial charge in [0.15, 0.2) is 11.5 Å². The van der Waals surface area contributed by atoms with Crippen LogP contribution in [0.3, 0.4) is 0 Å². The predicted octanol–water partition coefficient (Wildman–Crippen LogP) is 3.77. The van der Waals surface area contributed by atoms with Crippen molar-refractivity contribution in [3.63, 3.8) is 0 Å². The highest BCUT2D eigenvalue weighted by molar-refractivity contribution is 5.69. The quantitative estimate of drug-likeness (QED) is 0.796. The van der Waals surface area contributed by atoms with E-state index in [1.54, 1.807) is 21.3 Å². The number of ether oxygens (including phenoxy) is 3. The van der Waals surface area contributed by atoms with Gasteiger partial charge in [0.1, 0.15) is 0 Å². The van der Waals surface area contributed by atoms with E-state index in [1.807, 2.05) is 12.1 Å². The van der Waals surface area contributed by atoms with Crippen molar-refractivity contribution in [1.29, 1.82) is 0 Å². The van der Waals surface area contributed by atoms with E-state index >= 15 is 0 Å². The van der Waals surface area contributed by atoms with Crippen LogP contribution in [-0.2, 0) is 0 Å². The van der Waals surface area contributed by atoms with E-state index in [0.717, 1.165) is 5.56 Å². The Labute approximate surface area is 109 Å². The van der Waals surface area contributed by atoms with E-state index in [1.165, 1.54) is 5.57 Å². The Morgan fingerprint density at radius 2 is 1.50 bits per heavy atom. The fraction of sp³-hybridized carbons (Fsp3) is 0.467. The van der Waals surface area contributed by atoms with Gasteiger partial charge in [-0.1, -0.05) is 19.9 Å². The summed E-state index contributed by atoms with van der Waals surface area (Å²) in [6.07, 6.45) is 2.21. The lowest BCUT2D eigenvalue weighted by Gasteiger charge is -2.14. The number of methoxy groups -OCH3 is 3. The maximum absolute atomic E-state index is 5.34. The van der Waals surface area contributed by atoms with E-state index in [2.05, 4.69) is 26.8 Å². The average molecular weight is 250 g/mol. The standard InChI is InChI=1S/C15H22O3/c1-10(2)7-11(3)12-8-13(16-4)15(18-6)14(9-12)17-5/h7-10H,1-6H3. The van der Waals surface area contributed by atoms with Crippen molar-refractivity contribution in [2.24, 2.45) is 5.92 Å². The molecule has 1 aromatic rings. The molecule has 0 aliphatic carbocycles. The van der Waals surface area contributed by atoms with E-state index in [0.29, 0.717) is 23.2 Å². The molecule has 18 heavy (non-hydrogen) atoms. The van der Waals surface area contributed by atoms with E-state index < -0.39 is 0 Å². The highest BCUT2D eigenvalue weighted by Gasteiger charge is 2.13. The van der Waals surface area contributed by atoms with Crippen LogP contribution in [0.4, 0.5) is 0 Å². The summed E-state index contributed by atoms with van der Waals surface area (Å²) < 4.78 is 16.0. The summed E-state index contributed by atoms with van der Waals surface area (Å²) in [4.78, 5) is 0. The van der Waals surface area contributed by atoms with Gasteiger partial charge in [0.05, 0.1) is 21.3 Å². The SMILES string of the molecule is COc1cc(C(C)=CC(C)C)cc(OC)c1OC. The Balaban J connectivity index is 3.31. The normalized spacial score (nSPS) is 11.6. The van der Waals surface area contributed by atoms with Crippen LogP contribution in [-0.4, -0.2) is 21.3 Å². The molecule has 0 bridgehead atoms. The predicted molar refractivity (Wildman–Crippen MR) is 74.6 cm³/mol. The molecule has 0 fully saturated rings. The minimum absolute atomic E-state index is 0.504. The minimum atomic E-state index is 0.504. The highest BCUT2D eigenvalue weighted by Crippen LogP contribution is 2.39. The number of benzene rings is 1. The average Bonchev–Trinajstić information content (AvgIpc) is 2.35. The summed E-state index contributed by atoms with van der Waals surface area (Å²) in [5, 5.41) is 0. The van der Waals surface area contributed by atoms with E-state index in [-0.39, 0.29) is 0 Å². The zero-order chi connectivity index (χ0) is 13.7. The molecule has 0 radical (unpaired) electrons. The van der Waals surface area contributed by atoms with Gasteiger partial charge in [0, 0.05) is 0 Å². The van der Waals surface area contributed by atoms with Crippen LogP contribution in [0.25, 0.3) is 5.57 Å². The summed E-state index contributed by atoms with van der Waals surface area (Å²) in [6, 6.07) is 3.94. The van der Waals surface area contributed by atoms with Gasteiger partial charge in [-0.3, -0.25) is 0 Å². The first-order valence-corrected chi connectivity index (χ1v) is 6.02. The second-order valence-corrected chi connectivity index (χ2v) is 4.51. The molecule has 0 saturated heterocycles. The molecular formula is C15H22O3. The molecule has 0 aromatic heterocycles. The number of hydrogen-bond donors (Lipinski definition) is 0. The van der Waals surface area contributed by atoms with Crippen LogP contribution < -0.4 is 14.2 Å². The van der Waals surface area contributed by atoms with Crippen LogP contribution in [0.15, 0.2) is 18.2 Å². The smallest absolute Gasteiger partial charge is 0.203 e. The van der Waals surface area contributed by atoms with Crippen LogP contribution in [0.5, 0.6) is 17.2 Å². The summed E-state index contributed by atoms with van der Waals surface area (Å²) in [7, 11) is 4.86. The van der Waals surface area contributed by atoms with Crippen LogP contribution in [0, 0.1) is 5.92 Å². The number of rotatable bonds is 5. The molecule has 1 rings (SSSR count). The summed E-state index contributed by atoms with van der Waals surface area (Å²) in [5.74, 6) is 2.50. The second-order valence-electron chi connectivity index (χ2n) is 4.51. The van der Waals surface area contributed by atoms with Gasteiger partial charge in [0.25, 0.3) is 0 Å². The van der Waals surface area contributed by atoms with Gasteiger partial charge >= 0.3 is 0 Å². The molecule has 0 spiro atoms. The first-order chi connectivity index (χ1) is 8.53. The van der Waals surface area contributed by atoms with Crippen LogP contribution in [0.2, 0.25) is 0 Å². The first-order valence-electron chi connectivity index (χ1n) is 6.02. The maximum Gasteiger partial charge on any atom is 0.203 e. The zero-order valence-corrected chi connectivity index (χ0v) is 12.0. The van der Waals surface area contributed by atoms with Crippen molar-refractivity contribution in [1.82, 2.24) is 0 Å². The molecule has 1 aromatic carbocycles. The Morgan fingerprint density at radius 1 is 1.00 bits per heavy atom. The number of hydrogen-bond acceptors (Lipinski definition) is 3. The van der Waals surface area contributed by atoms with Crippen molar-refractivity contribution in [2.75, 3.05) is 21.3 Å². The Bertz CT molecular complexity index is 408. The lowest BCUT2D eigenvalue weighted by molar-refractivity contribution is 0.324. The second kappa shape index (κ2) is 6.34. The lowest BCUT2D eigenvalue weighted by Crippen LogP contribution is -1.96. The van der Waals surface area contributed by atoms with Crippen molar-refractivity contribution in [3.8, 4) is 17.2 Å². The van der Waals surface area contributed by atoms with Crippen molar-refractivity contribution >= 4 is 5.57 Å². The van der Waals surface area contributed by atoms with Gasteiger partial charge < -0.3 is 14.2 Å². The van der Waals surface area contributed by atoms with Crippen molar-refractivity contribution in [3.05, 3.63) is 23.8 Å². The van der Waals surface area contributed by atoms with Crippen LogP contribution >= 0.6 is 0 Å². The Morgan fingerprint density at radius 3 is 1.83 bits per heavy atom. The van der Waals surface area contributed by atoms with Crippen molar-refractivity contribution < 1.29 is 14.2 Å². The van der Waals surface area contributed by atoms with Gasteiger partial charge in [-0.15, -0.1) is 0 Å². The molecule has 0 aliphatic heterocycles. The summed E-state index contributed by atoms with van der Waals surface area (Å²) in [6.45, 7) is 6.39. The molecule has 0 aliphatic rings. The zero-order valence-electron chi connectivity index (χ0n) is 12.0.